The molecule has 2 rings (SSSR count). The summed E-state index contributed by atoms with van der Waals surface area (Å²) in [6.07, 6.45) is 0. The van der Waals surface area contributed by atoms with Crippen molar-refractivity contribution in [2.24, 2.45) is 5.73 Å². The molecule has 3 heteroatoms. The Hall–Kier alpha value is -1.02. The summed E-state index contributed by atoms with van der Waals surface area (Å²) >= 11 is 5.94. The van der Waals surface area contributed by atoms with Crippen molar-refractivity contribution in [1.82, 2.24) is 0 Å². The van der Waals surface area contributed by atoms with Crippen LogP contribution in [0.25, 0.3) is 11.1 Å². The summed E-state index contributed by atoms with van der Waals surface area (Å²) < 4.78 is 0. The number of benzene rings is 2. The second-order valence-electron chi connectivity index (χ2n) is 3.86. The quantitative estimate of drug-likeness (QED) is 0.868. The molecule has 2 aromatic carbocycles. The molecule has 0 aliphatic rings. The average Bonchev–Trinajstić information content (AvgIpc) is 2.29. The first kappa shape index (κ1) is 14.0. The van der Waals surface area contributed by atoms with E-state index in [0.717, 1.165) is 10.6 Å². The first-order chi connectivity index (χ1) is 7.70. The minimum atomic E-state index is 0. The van der Waals surface area contributed by atoms with Gasteiger partial charge in [0, 0.05) is 11.6 Å². The summed E-state index contributed by atoms with van der Waals surface area (Å²) in [5, 5.41) is 0.778. The Labute approximate surface area is 113 Å². The largest absolute Gasteiger partial charge is 0.326 e. The standard InChI is InChI=1S/C14H14ClN.ClH/c1-10-8-13(15)6-7-14(10)12-4-2-11(9-16)3-5-12;/h2-8H,9,16H2,1H3;1H. The molecule has 0 saturated carbocycles. The fourth-order valence-electron chi connectivity index (χ4n) is 1.77. The van der Waals surface area contributed by atoms with Gasteiger partial charge in [0.05, 0.1) is 0 Å². The molecule has 2 aromatic rings. The molecule has 0 amide bonds. The molecule has 0 atom stereocenters. The van der Waals surface area contributed by atoms with Crippen molar-refractivity contribution >= 4 is 24.0 Å². The fourth-order valence-corrected chi connectivity index (χ4v) is 2.00. The average molecular weight is 268 g/mol. The van der Waals surface area contributed by atoms with Gasteiger partial charge in [0.25, 0.3) is 0 Å². The van der Waals surface area contributed by atoms with E-state index in [-0.39, 0.29) is 12.4 Å². The molecule has 0 aliphatic heterocycles. The van der Waals surface area contributed by atoms with Crippen LogP contribution < -0.4 is 5.73 Å². The lowest BCUT2D eigenvalue weighted by atomic mass is 10.00. The van der Waals surface area contributed by atoms with Gasteiger partial charge in [0.15, 0.2) is 0 Å². The van der Waals surface area contributed by atoms with Crippen LogP contribution >= 0.6 is 24.0 Å². The minimum Gasteiger partial charge on any atom is -0.326 e. The van der Waals surface area contributed by atoms with E-state index in [0.29, 0.717) is 6.54 Å². The van der Waals surface area contributed by atoms with Crippen LogP contribution in [0.5, 0.6) is 0 Å². The maximum Gasteiger partial charge on any atom is 0.0409 e. The van der Waals surface area contributed by atoms with Gasteiger partial charge in [0.1, 0.15) is 0 Å². The summed E-state index contributed by atoms with van der Waals surface area (Å²) in [5.74, 6) is 0. The Balaban J connectivity index is 0.00000144. The van der Waals surface area contributed by atoms with Crippen molar-refractivity contribution in [2.75, 3.05) is 0 Å². The molecule has 90 valence electrons. The zero-order chi connectivity index (χ0) is 11.5. The van der Waals surface area contributed by atoms with Crippen molar-refractivity contribution < 1.29 is 0 Å². The predicted molar refractivity (Wildman–Crippen MR) is 76.8 cm³/mol. The molecule has 2 N–H and O–H groups in total. The molecule has 0 spiro atoms. The molecule has 0 aliphatic carbocycles. The lowest BCUT2D eigenvalue weighted by Gasteiger charge is -2.07. The Kier molecular flexibility index (Phi) is 5.01. The third kappa shape index (κ3) is 3.22. The molecule has 0 bridgehead atoms. The Morgan fingerprint density at radius 2 is 1.71 bits per heavy atom. The summed E-state index contributed by atoms with van der Waals surface area (Å²) in [4.78, 5) is 0. The van der Waals surface area contributed by atoms with Crippen LogP contribution in [0.15, 0.2) is 42.5 Å². The highest BCUT2D eigenvalue weighted by Crippen LogP contribution is 2.26. The highest BCUT2D eigenvalue weighted by molar-refractivity contribution is 6.30. The Bertz CT molecular complexity index is 492. The number of rotatable bonds is 2. The van der Waals surface area contributed by atoms with E-state index < -0.39 is 0 Å². The van der Waals surface area contributed by atoms with Gasteiger partial charge in [-0.2, -0.15) is 0 Å². The van der Waals surface area contributed by atoms with Crippen molar-refractivity contribution in [3.63, 3.8) is 0 Å². The number of hydrogen-bond donors (Lipinski definition) is 1. The normalized spacial score (nSPS) is 9.82. The molecule has 0 fully saturated rings. The molecule has 0 saturated heterocycles. The van der Waals surface area contributed by atoms with Crippen LogP contribution in [-0.4, -0.2) is 0 Å². The summed E-state index contributed by atoms with van der Waals surface area (Å²) in [5.41, 5.74) is 10.3. The van der Waals surface area contributed by atoms with Crippen LogP contribution in [-0.2, 0) is 6.54 Å². The van der Waals surface area contributed by atoms with Crippen LogP contribution in [0.3, 0.4) is 0 Å². The molecule has 0 unspecified atom stereocenters. The minimum absolute atomic E-state index is 0. The molecule has 1 nitrogen and oxygen atoms in total. The van der Waals surface area contributed by atoms with Crippen molar-refractivity contribution in [2.45, 2.75) is 13.5 Å². The van der Waals surface area contributed by atoms with Gasteiger partial charge < -0.3 is 5.73 Å². The van der Waals surface area contributed by atoms with Gasteiger partial charge in [-0.05, 0) is 41.3 Å². The first-order valence-corrected chi connectivity index (χ1v) is 5.64. The van der Waals surface area contributed by atoms with Crippen LogP contribution in [0.4, 0.5) is 0 Å². The van der Waals surface area contributed by atoms with Gasteiger partial charge in [-0.15, -0.1) is 12.4 Å². The zero-order valence-electron chi connectivity index (χ0n) is 9.61. The topological polar surface area (TPSA) is 26.0 Å². The lowest BCUT2D eigenvalue weighted by molar-refractivity contribution is 1.07. The number of aryl methyl sites for hydroxylation is 1. The van der Waals surface area contributed by atoms with E-state index in [1.54, 1.807) is 0 Å². The third-order valence-corrected chi connectivity index (χ3v) is 2.92. The third-order valence-electron chi connectivity index (χ3n) is 2.69. The van der Waals surface area contributed by atoms with Crippen molar-refractivity contribution in [3.8, 4) is 11.1 Å². The lowest BCUT2D eigenvalue weighted by Crippen LogP contribution is -1.95. The molecular formula is C14H15Cl2N. The van der Waals surface area contributed by atoms with E-state index in [1.807, 2.05) is 12.1 Å². The molecule has 17 heavy (non-hydrogen) atoms. The number of hydrogen-bond acceptors (Lipinski definition) is 1. The van der Waals surface area contributed by atoms with Gasteiger partial charge >= 0.3 is 0 Å². The fraction of sp³-hybridized carbons (Fsp3) is 0.143. The van der Waals surface area contributed by atoms with Crippen molar-refractivity contribution in [3.05, 3.63) is 58.6 Å². The van der Waals surface area contributed by atoms with Gasteiger partial charge in [0.2, 0.25) is 0 Å². The summed E-state index contributed by atoms with van der Waals surface area (Å²) in [6, 6.07) is 14.3. The maximum atomic E-state index is 5.94. The molecule has 0 heterocycles. The van der Waals surface area contributed by atoms with E-state index >= 15 is 0 Å². The highest BCUT2D eigenvalue weighted by Gasteiger charge is 2.02. The maximum absolute atomic E-state index is 5.94. The first-order valence-electron chi connectivity index (χ1n) is 5.26. The monoisotopic (exact) mass is 267 g/mol. The Morgan fingerprint density at radius 1 is 1.06 bits per heavy atom. The van der Waals surface area contributed by atoms with Crippen LogP contribution in [0.1, 0.15) is 11.1 Å². The van der Waals surface area contributed by atoms with E-state index in [4.69, 9.17) is 17.3 Å². The molecule has 0 aromatic heterocycles. The molecular weight excluding hydrogens is 253 g/mol. The van der Waals surface area contributed by atoms with Crippen LogP contribution in [0, 0.1) is 6.92 Å². The van der Waals surface area contributed by atoms with Crippen molar-refractivity contribution in [1.29, 1.82) is 0 Å². The van der Waals surface area contributed by atoms with Gasteiger partial charge in [-0.3, -0.25) is 0 Å². The molecule has 0 radical (unpaired) electrons. The smallest absolute Gasteiger partial charge is 0.0409 e. The number of halogens is 2. The van der Waals surface area contributed by atoms with Gasteiger partial charge in [-0.25, -0.2) is 0 Å². The second-order valence-corrected chi connectivity index (χ2v) is 4.30. The van der Waals surface area contributed by atoms with E-state index in [2.05, 4.69) is 37.3 Å². The SMILES string of the molecule is Cc1cc(Cl)ccc1-c1ccc(CN)cc1.Cl. The predicted octanol–water partition coefficient (Wildman–Crippen LogP) is 4.20. The second kappa shape index (κ2) is 6.06. The van der Waals surface area contributed by atoms with Gasteiger partial charge in [-0.1, -0.05) is 41.9 Å². The zero-order valence-corrected chi connectivity index (χ0v) is 11.2. The summed E-state index contributed by atoms with van der Waals surface area (Å²) in [6.45, 7) is 2.65. The highest BCUT2D eigenvalue weighted by atomic mass is 35.5. The van der Waals surface area contributed by atoms with E-state index in [1.165, 1.54) is 16.7 Å². The number of nitrogens with two attached hydrogens (primary N) is 1. The summed E-state index contributed by atoms with van der Waals surface area (Å²) in [7, 11) is 0. The van der Waals surface area contributed by atoms with Crippen LogP contribution in [0.2, 0.25) is 5.02 Å². The van der Waals surface area contributed by atoms with E-state index in [9.17, 15) is 0 Å². The Morgan fingerprint density at radius 3 is 2.24 bits per heavy atom.